The van der Waals surface area contributed by atoms with Gasteiger partial charge in [0.15, 0.2) is 0 Å². The number of hydrogen-bond donors (Lipinski definition) is 3. The first kappa shape index (κ1) is 37.3. The maximum absolute atomic E-state index is 12.1. The van der Waals surface area contributed by atoms with Gasteiger partial charge in [-0.2, -0.15) is 0 Å². The largest absolute Gasteiger partial charge is 0.480 e. The van der Waals surface area contributed by atoms with Gasteiger partial charge in [0.05, 0.1) is 12.6 Å². The van der Waals surface area contributed by atoms with Gasteiger partial charge in [0.1, 0.15) is 6.23 Å². The van der Waals surface area contributed by atoms with E-state index in [4.69, 9.17) is 9.84 Å². The molecule has 180 valence electrons. The summed E-state index contributed by atoms with van der Waals surface area (Å²) in [6.07, 6.45) is 4.97. The second-order valence-electron chi connectivity index (χ2n) is 7.18. The van der Waals surface area contributed by atoms with E-state index in [9.17, 15) is 14.4 Å². The number of hydrogen-bond acceptors (Lipinski definition) is 5. The Hall–Kier alpha value is 0.708. The van der Waals surface area contributed by atoms with Gasteiger partial charge >= 0.3 is 11.7 Å². The Morgan fingerprint density at radius 3 is 2.34 bits per heavy atom. The first-order valence-corrected chi connectivity index (χ1v) is 11.7. The average Bonchev–Trinajstić information content (AvgIpc) is 3.20. The number of carbonyl (C=O) groups is 1. The maximum Gasteiger partial charge on any atom is 0.330 e. The predicted molar refractivity (Wildman–Crippen MR) is 124 cm³/mol. The zero-order chi connectivity index (χ0) is 23.3. The molecule has 0 spiro atoms. The monoisotopic (exact) mass is 623 g/mol. The van der Waals surface area contributed by atoms with Gasteiger partial charge in [0, 0.05) is 83.7 Å². The van der Waals surface area contributed by atoms with Crippen LogP contribution in [0.4, 0.5) is 0 Å². The summed E-state index contributed by atoms with van der Waals surface area (Å²) in [5, 5.41) is 11.3. The number of aromatic nitrogens is 2. The fourth-order valence-corrected chi connectivity index (χ4v) is 3.15. The molecule has 0 saturated carbocycles. The zero-order valence-electron chi connectivity index (χ0n) is 20.4. The summed E-state index contributed by atoms with van der Waals surface area (Å²) < 4.78 is 7.48. The van der Waals surface area contributed by atoms with Crippen molar-refractivity contribution in [3.8, 4) is 0 Å². The molecular formula is C21H40N3O5PY2. The molecule has 0 aromatic carbocycles. The number of carboxylic acid groups (broad SMARTS) is 1. The number of ether oxygens (including phenoxy) is 1. The first-order chi connectivity index (χ1) is 14.2. The second kappa shape index (κ2) is 21.0. The Kier molecular flexibility index (Phi) is 24.5. The van der Waals surface area contributed by atoms with E-state index in [2.05, 4.69) is 47.2 Å². The van der Waals surface area contributed by atoms with E-state index in [1.165, 1.54) is 16.9 Å². The van der Waals surface area contributed by atoms with Gasteiger partial charge in [-0.05, 0) is 30.8 Å². The summed E-state index contributed by atoms with van der Waals surface area (Å²) >= 11 is 0. The molecule has 3 N–H and O–H groups in total. The van der Waals surface area contributed by atoms with Crippen LogP contribution in [0.25, 0.3) is 0 Å². The van der Waals surface area contributed by atoms with Crippen molar-refractivity contribution in [2.75, 3.05) is 12.7 Å². The standard InChI is InChI=1S/C17H27N3O5.C2H7P.C2H6.2Y/c1-4-10(2)11(3)13-5-6-14(25-13)20-9-12(7-18-8-15(21)22)16(23)19-17(20)24;1-2-3;1-2;;/h9-11,13-14,18H,4-8H2,1-3H3,(H,21,22)(H,19,23,24);2-3H2,1H3;1-2H3;;/t10?,11?,13?,14-;;;;/m1..../s1. The molecular weight excluding hydrogens is 583 g/mol. The molecule has 0 aliphatic carbocycles. The fourth-order valence-electron chi connectivity index (χ4n) is 3.15. The van der Waals surface area contributed by atoms with Crippen LogP contribution in [0.15, 0.2) is 15.8 Å². The van der Waals surface area contributed by atoms with Crippen LogP contribution in [0.1, 0.15) is 72.6 Å². The predicted octanol–water partition coefficient (Wildman–Crippen LogP) is 2.97. The number of aromatic amines is 1. The van der Waals surface area contributed by atoms with E-state index in [1.807, 2.05) is 13.8 Å². The number of nitrogens with zero attached hydrogens (tertiary/aromatic N) is 1. The summed E-state index contributed by atoms with van der Waals surface area (Å²) in [5.74, 6) is -0.0808. The van der Waals surface area contributed by atoms with Gasteiger partial charge in [0.25, 0.3) is 5.56 Å². The molecule has 2 radical (unpaired) electrons. The van der Waals surface area contributed by atoms with Crippen LogP contribution >= 0.6 is 9.24 Å². The van der Waals surface area contributed by atoms with Crippen molar-refractivity contribution in [2.24, 2.45) is 11.8 Å². The van der Waals surface area contributed by atoms with Crippen LogP contribution < -0.4 is 16.6 Å². The average molecular weight is 623 g/mol. The molecule has 1 aliphatic heterocycles. The molecule has 1 aromatic rings. The molecule has 8 nitrogen and oxygen atoms in total. The van der Waals surface area contributed by atoms with Gasteiger partial charge in [-0.1, -0.05) is 48.0 Å². The number of H-pyrrole nitrogens is 1. The molecule has 1 aromatic heterocycles. The molecule has 1 saturated heterocycles. The van der Waals surface area contributed by atoms with Gasteiger partial charge in [-0.15, -0.1) is 9.24 Å². The van der Waals surface area contributed by atoms with Crippen molar-refractivity contribution < 1.29 is 80.1 Å². The Morgan fingerprint density at radius 2 is 1.84 bits per heavy atom. The normalized spacial score (nSPS) is 18.5. The molecule has 2 heterocycles. The van der Waals surface area contributed by atoms with Gasteiger partial charge in [-0.3, -0.25) is 19.1 Å². The van der Waals surface area contributed by atoms with E-state index in [1.54, 1.807) is 0 Å². The van der Waals surface area contributed by atoms with Crippen molar-refractivity contribution >= 4 is 15.2 Å². The molecule has 1 aliphatic rings. The third kappa shape index (κ3) is 13.0. The Labute approximate surface area is 244 Å². The van der Waals surface area contributed by atoms with Gasteiger partial charge in [0.2, 0.25) is 0 Å². The van der Waals surface area contributed by atoms with Gasteiger partial charge < -0.3 is 15.2 Å². The summed E-state index contributed by atoms with van der Waals surface area (Å²) in [6.45, 7) is 12.4. The molecule has 4 unspecified atom stereocenters. The minimum absolute atomic E-state index is 0. The van der Waals surface area contributed by atoms with Crippen LogP contribution in [-0.4, -0.2) is 39.4 Å². The van der Waals surface area contributed by atoms with E-state index in [0.29, 0.717) is 23.8 Å². The first-order valence-electron chi connectivity index (χ1n) is 10.9. The molecule has 0 bridgehead atoms. The third-order valence-electron chi connectivity index (χ3n) is 5.10. The van der Waals surface area contributed by atoms with Crippen molar-refractivity contribution in [3.63, 3.8) is 0 Å². The summed E-state index contributed by atoms with van der Waals surface area (Å²) in [4.78, 5) is 36.9. The molecule has 5 atom stereocenters. The Balaban J connectivity index is -0.00000111. The molecule has 1 fully saturated rings. The van der Waals surface area contributed by atoms with E-state index < -0.39 is 23.4 Å². The zero-order valence-corrected chi connectivity index (χ0v) is 27.2. The summed E-state index contributed by atoms with van der Waals surface area (Å²) in [6, 6.07) is 0. The molecule has 2 rings (SSSR count). The number of aliphatic carboxylic acids is 1. The summed E-state index contributed by atoms with van der Waals surface area (Å²) in [5.41, 5.74) is -0.710. The SMILES string of the molecule is CC.CCC(C)C(C)C1CC[C@H](n2cc(CNCC(=O)O)c(=O)[nH]c2=O)O1.CCP.[Y].[Y]. The van der Waals surface area contributed by atoms with E-state index >= 15 is 0 Å². The topological polar surface area (TPSA) is 113 Å². The van der Waals surface area contributed by atoms with Crippen molar-refractivity contribution in [1.82, 2.24) is 14.9 Å². The van der Waals surface area contributed by atoms with Gasteiger partial charge in [-0.25, -0.2) is 4.79 Å². The number of nitrogens with one attached hydrogen (secondary N) is 2. The second-order valence-corrected chi connectivity index (χ2v) is 7.99. The molecule has 32 heavy (non-hydrogen) atoms. The Bertz CT molecular complexity index is 745. The van der Waals surface area contributed by atoms with Crippen LogP contribution in [0.5, 0.6) is 0 Å². The number of rotatable bonds is 8. The van der Waals surface area contributed by atoms with Crippen LogP contribution in [-0.2, 0) is 81.5 Å². The molecule has 11 heteroatoms. The minimum Gasteiger partial charge on any atom is -0.480 e. The van der Waals surface area contributed by atoms with Crippen molar-refractivity contribution in [2.45, 2.75) is 79.7 Å². The van der Waals surface area contributed by atoms with Crippen LogP contribution in [0.2, 0.25) is 0 Å². The fraction of sp³-hybridized carbons (Fsp3) is 0.762. The van der Waals surface area contributed by atoms with E-state index in [0.717, 1.165) is 12.8 Å². The third-order valence-corrected chi connectivity index (χ3v) is 5.10. The summed E-state index contributed by atoms with van der Waals surface area (Å²) in [7, 11) is 2.58. The number of carboxylic acids is 1. The van der Waals surface area contributed by atoms with Crippen LogP contribution in [0.3, 0.4) is 0 Å². The molecule has 0 amide bonds. The minimum atomic E-state index is -1.01. The Morgan fingerprint density at radius 1 is 1.28 bits per heavy atom. The van der Waals surface area contributed by atoms with E-state index in [-0.39, 0.29) is 84.6 Å². The quantitative estimate of drug-likeness (QED) is 0.384. The van der Waals surface area contributed by atoms with Crippen molar-refractivity contribution in [3.05, 3.63) is 32.6 Å². The van der Waals surface area contributed by atoms with Crippen molar-refractivity contribution in [1.29, 1.82) is 0 Å². The van der Waals surface area contributed by atoms with Crippen LogP contribution in [0, 0.1) is 11.8 Å². The maximum atomic E-state index is 12.1. The smallest absolute Gasteiger partial charge is 0.330 e.